The van der Waals surface area contributed by atoms with Crippen LogP contribution in [-0.2, 0) is 11.5 Å². The van der Waals surface area contributed by atoms with Crippen molar-refractivity contribution in [2.45, 2.75) is 52.2 Å². The number of carboxylic acids is 1. The van der Waals surface area contributed by atoms with E-state index in [4.69, 9.17) is 4.74 Å². The number of carboxylic acid groups (broad SMARTS) is 1. The van der Waals surface area contributed by atoms with E-state index in [1.807, 2.05) is 6.07 Å². The van der Waals surface area contributed by atoms with Crippen LogP contribution < -0.4 is 0 Å². The molecular formula is C18H27NO3Si. The first-order valence-corrected chi connectivity index (χ1v) is 11.8. The monoisotopic (exact) mass is 333 g/mol. The van der Waals surface area contributed by atoms with Crippen LogP contribution >= 0.6 is 0 Å². The van der Waals surface area contributed by atoms with E-state index in [1.54, 1.807) is 12.1 Å². The summed E-state index contributed by atoms with van der Waals surface area (Å²) in [5.41, 5.74) is 2.53. The molecule has 0 amide bonds. The molecule has 0 unspecified atom stereocenters. The molecule has 0 aliphatic rings. The minimum absolute atomic E-state index is 0.330. The fourth-order valence-electron chi connectivity index (χ4n) is 2.57. The molecule has 0 saturated heterocycles. The number of hydrogen-bond donors (Lipinski definition) is 1. The number of aromatic nitrogens is 1. The van der Waals surface area contributed by atoms with Crippen molar-refractivity contribution in [3.05, 3.63) is 35.5 Å². The molecule has 126 valence electrons. The van der Waals surface area contributed by atoms with Crippen LogP contribution in [0.25, 0.3) is 10.9 Å². The lowest BCUT2D eigenvalue weighted by molar-refractivity contribution is 0.0697. The third-order valence-electron chi connectivity index (χ3n) is 4.01. The van der Waals surface area contributed by atoms with Gasteiger partial charge in [0.15, 0.2) is 0 Å². The van der Waals surface area contributed by atoms with Crippen molar-refractivity contribution >= 4 is 24.9 Å². The van der Waals surface area contributed by atoms with Gasteiger partial charge in [-0.15, -0.1) is 0 Å². The third kappa shape index (κ3) is 4.45. The molecule has 0 spiro atoms. The summed E-state index contributed by atoms with van der Waals surface area (Å²) in [7, 11) is -1.08. The summed E-state index contributed by atoms with van der Waals surface area (Å²) >= 11 is 0. The molecule has 0 atom stereocenters. The predicted octanol–water partition coefficient (Wildman–Crippen LogP) is 4.78. The Labute approximate surface area is 139 Å². The molecule has 0 bridgehead atoms. The van der Waals surface area contributed by atoms with Gasteiger partial charge in [-0.3, -0.25) is 0 Å². The summed E-state index contributed by atoms with van der Waals surface area (Å²) < 4.78 is 7.94. The van der Waals surface area contributed by atoms with Crippen LogP contribution in [0.3, 0.4) is 0 Å². The molecule has 4 nitrogen and oxygen atoms in total. The number of nitrogens with zero attached hydrogens (tertiary/aromatic N) is 1. The molecule has 0 fully saturated rings. The van der Waals surface area contributed by atoms with E-state index in [-0.39, 0.29) is 0 Å². The Morgan fingerprint density at radius 2 is 2.00 bits per heavy atom. The first kappa shape index (κ1) is 17.8. The van der Waals surface area contributed by atoms with Gasteiger partial charge in [-0.2, -0.15) is 0 Å². The highest BCUT2D eigenvalue weighted by atomic mass is 28.3. The Morgan fingerprint density at radius 3 is 2.57 bits per heavy atom. The van der Waals surface area contributed by atoms with Crippen molar-refractivity contribution < 1.29 is 14.6 Å². The molecule has 0 aliphatic heterocycles. The van der Waals surface area contributed by atoms with Gasteiger partial charge in [0, 0.05) is 26.3 Å². The standard InChI is InChI=1S/C18H27NO3Si/c1-13(2)16-11-19(12-22-8-9-23(3,4)5)17-7-6-14(18(20)21)10-15(16)17/h6-7,10-11,13H,8-9,12H2,1-5H3,(H,20,21). The Bertz CT molecular complexity index is 698. The van der Waals surface area contributed by atoms with Crippen molar-refractivity contribution in [1.82, 2.24) is 4.57 Å². The van der Waals surface area contributed by atoms with E-state index in [2.05, 4.69) is 44.3 Å². The summed E-state index contributed by atoms with van der Waals surface area (Å²) in [5, 5.41) is 10.2. The fraction of sp³-hybridized carbons (Fsp3) is 0.500. The maximum atomic E-state index is 11.2. The van der Waals surface area contributed by atoms with E-state index in [9.17, 15) is 9.90 Å². The predicted molar refractivity (Wildman–Crippen MR) is 97.1 cm³/mol. The number of carbonyl (C=O) groups is 1. The molecule has 2 rings (SSSR count). The SMILES string of the molecule is CC(C)c1cn(COCC[Si](C)(C)C)c2ccc(C(=O)O)cc12. The average molecular weight is 334 g/mol. The minimum atomic E-state index is -1.08. The van der Waals surface area contributed by atoms with Crippen LogP contribution in [0.4, 0.5) is 0 Å². The molecule has 1 aromatic carbocycles. The largest absolute Gasteiger partial charge is 0.478 e. The van der Waals surface area contributed by atoms with Gasteiger partial charge < -0.3 is 14.4 Å². The van der Waals surface area contributed by atoms with Gasteiger partial charge in [0.05, 0.1) is 11.1 Å². The van der Waals surface area contributed by atoms with Crippen LogP contribution in [0.2, 0.25) is 25.7 Å². The van der Waals surface area contributed by atoms with Crippen LogP contribution in [0, 0.1) is 0 Å². The van der Waals surface area contributed by atoms with Crippen molar-refractivity contribution in [2.75, 3.05) is 6.61 Å². The number of rotatable bonds is 7. The highest BCUT2D eigenvalue weighted by Gasteiger charge is 2.15. The molecule has 1 N–H and O–H groups in total. The molecule has 2 aromatic rings. The number of fused-ring (bicyclic) bond motifs is 1. The van der Waals surface area contributed by atoms with E-state index >= 15 is 0 Å². The van der Waals surface area contributed by atoms with Crippen LogP contribution in [0.1, 0.15) is 35.7 Å². The normalized spacial score (nSPS) is 12.3. The van der Waals surface area contributed by atoms with Crippen LogP contribution in [-0.4, -0.2) is 30.3 Å². The van der Waals surface area contributed by atoms with Crippen molar-refractivity contribution in [1.29, 1.82) is 0 Å². The number of benzene rings is 1. The van der Waals surface area contributed by atoms with Crippen molar-refractivity contribution in [3.8, 4) is 0 Å². The maximum absolute atomic E-state index is 11.2. The molecule has 1 aromatic heterocycles. The lowest BCUT2D eigenvalue weighted by Crippen LogP contribution is -2.21. The van der Waals surface area contributed by atoms with Gasteiger partial charge in [0.2, 0.25) is 0 Å². The first-order valence-electron chi connectivity index (χ1n) is 8.13. The minimum Gasteiger partial charge on any atom is -0.478 e. The van der Waals surface area contributed by atoms with Gasteiger partial charge in [0.1, 0.15) is 6.73 Å². The lowest BCUT2D eigenvalue weighted by Gasteiger charge is -2.15. The molecule has 5 heteroatoms. The highest BCUT2D eigenvalue weighted by Crippen LogP contribution is 2.28. The van der Waals surface area contributed by atoms with Gasteiger partial charge in [-0.25, -0.2) is 4.79 Å². The Hall–Kier alpha value is -1.59. The van der Waals surface area contributed by atoms with Crippen molar-refractivity contribution in [3.63, 3.8) is 0 Å². The van der Waals surface area contributed by atoms with E-state index in [0.29, 0.717) is 18.2 Å². The van der Waals surface area contributed by atoms with E-state index < -0.39 is 14.0 Å². The molecule has 0 radical (unpaired) electrons. The second-order valence-electron chi connectivity index (χ2n) is 7.59. The zero-order valence-corrected chi connectivity index (χ0v) is 15.7. The Kier molecular flexibility index (Phi) is 5.32. The fourth-order valence-corrected chi connectivity index (χ4v) is 3.32. The topological polar surface area (TPSA) is 51.5 Å². The number of hydrogen-bond acceptors (Lipinski definition) is 2. The number of aromatic carboxylic acids is 1. The highest BCUT2D eigenvalue weighted by molar-refractivity contribution is 6.76. The molecule has 0 saturated carbocycles. The second-order valence-corrected chi connectivity index (χ2v) is 13.2. The van der Waals surface area contributed by atoms with Gasteiger partial charge in [-0.1, -0.05) is 33.5 Å². The summed E-state index contributed by atoms with van der Waals surface area (Å²) in [4.78, 5) is 11.2. The first-order chi connectivity index (χ1) is 10.7. The zero-order valence-electron chi connectivity index (χ0n) is 14.7. The molecule has 1 heterocycles. The summed E-state index contributed by atoms with van der Waals surface area (Å²) in [6, 6.07) is 6.46. The van der Waals surface area contributed by atoms with Gasteiger partial charge in [-0.05, 0) is 35.7 Å². The quantitative estimate of drug-likeness (QED) is 0.586. The Morgan fingerprint density at radius 1 is 1.30 bits per heavy atom. The molecule has 23 heavy (non-hydrogen) atoms. The maximum Gasteiger partial charge on any atom is 0.335 e. The van der Waals surface area contributed by atoms with Crippen LogP contribution in [0.5, 0.6) is 0 Å². The summed E-state index contributed by atoms with van der Waals surface area (Å²) in [6.45, 7) is 12.6. The van der Waals surface area contributed by atoms with Gasteiger partial charge >= 0.3 is 5.97 Å². The number of ether oxygens (including phenoxy) is 1. The third-order valence-corrected chi connectivity index (χ3v) is 5.71. The zero-order chi connectivity index (χ0) is 17.2. The van der Waals surface area contributed by atoms with Crippen molar-refractivity contribution in [2.24, 2.45) is 0 Å². The van der Waals surface area contributed by atoms with Gasteiger partial charge in [0.25, 0.3) is 0 Å². The lowest BCUT2D eigenvalue weighted by atomic mass is 10.0. The molecular weight excluding hydrogens is 306 g/mol. The van der Waals surface area contributed by atoms with Crippen LogP contribution in [0.15, 0.2) is 24.4 Å². The average Bonchev–Trinajstić information content (AvgIpc) is 2.80. The summed E-state index contributed by atoms with van der Waals surface area (Å²) in [5.74, 6) is -0.550. The molecule has 0 aliphatic carbocycles. The smallest absolute Gasteiger partial charge is 0.335 e. The second kappa shape index (κ2) is 6.89. The van der Waals surface area contributed by atoms with E-state index in [0.717, 1.165) is 29.1 Å². The summed E-state index contributed by atoms with van der Waals surface area (Å²) in [6.07, 6.45) is 2.09. The van der Waals surface area contributed by atoms with E-state index in [1.165, 1.54) is 0 Å². The Balaban J connectivity index is 2.25.